The molecule has 0 radical (unpaired) electrons. The number of benzene rings is 1. The number of aromatic nitrogens is 2. The van der Waals surface area contributed by atoms with Crippen molar-refractivity contribution in [2.75, 3.05) is 0 Å². The van der Waals surface area contributed by atoms with E-state index in [1.54, 1.807) is 0 Å². The van der Waals surface area contributed by atoms with Crippen LogP contribution in [-0.2, 0) is 5.41 Å². The highest BCUT2D eigenvalue weighted by Crippen LogP contribution is 2.34. The van der Waals surface area contributed by atoms with Crippen LogP contribution in [0.4, 0.5) is 0 Å². The smallest absolute Gasteiger partial charge is 0.110 e. The monoisotopic (exact) mass is 320 g/mol. The molecular weight excluding hydrogens is 300 g/mol. The molecule has 0 aliphatic heterocycles. The molecule has 19 heavy (non-hydrogen) atoms. The summed E-state index contributed by atoms with van der Waals surface area (Å²) in [6.45, 7) is 13.0. The maximum absolute atomic E-state index is 4.59. The highest BCUT2D eigenvalue weighted by atomic mass is 79.9. The molecule has 0 saturated carbocycles. The average Bonchev–Trinajstić information content (AvgIpc) is 2.55. The topological polar surface area (TPSA) is 28.7 Å². The molecule has 1 aromatic carbocycles. The van der Waals surface area contributed by atoms with Crippen molar-refractivity contribution in [2.24, 2.45) is 0 Å². The van der Waals surface area contributed by atoms with Gasteiger partial charge >= 0.3 is 0 Å². The van der Waals surface area contributed by atoms with Gasteiger partial charge in [0.15, 0.2) is 0 Å². The molecule has 1 aromatic heterocycles. The Balaban J connectivity index is 2.64. The lowest BCUT2D eigenvalue weighted by Gasteiger charge is -2.22. The molecule has 0 aliphatic carbocycles. The number of rotatable bonds is 1. The van der Waals surface area contributed by atoms with Crippen LogP contribution in [0.5, 0.6) is 0 Å². The largest absolute Gasteiger partial charge is 0.336 e. The molecule has 0 aliphatic rings. The first-order valence-electron chi connectivity index (χ1n) is 6.54. The predicted molar refractivity (Wildman–Crippen MR) is 84.6 cm³/mol. The standard InChI is InChI=1S/C16H21BrN2/c1-9-7-12(16(4,5)6)8-10(2)13(9)14-15(17)19-11(3)18-14/h7-8H,1-6H3,(H,18,19). The van der Waals surface area contributed by atoms with E-state index in [0.717, 1.165) is 16.1 Å². The number of hydrogen-bond acceptors (Lipinski definition) is 1. The van der Waals surface area contributed by atoms with E-state index in [-0.39, 0.29) is 5.41 Å². The fourth-order valence-corrected chi connectivity index (χ4v) is 2.97. The van der Waals surface area contributed by atoms with E-state index in [0.29, 0.717) is 0 Å². The van der Waals surface area contributed by atoms with E-state index >= 15 is 0 Å². The maximum atomic E-state index is 4.59. The summed E-state index contributed by atoms with van der Waals surface area (Å²) in [5, 5.41) is 0. The highest BCUT2D eigenvalue weighted by molar-refractivity contribution is 9.10. The number of H-pyrrole nitrogens is 1. The number of nitrogens with zero attached hydrogens (tertiary/aromatic N) is 1. The van der Waals surface area contributed by atoms with Gasteiger partial charge in [-0.1, -0.05) is 32.9 Å². The minimum atomic E-state index is 0.173. The zero-order chi connectivity index (χ0) is 14.4. The van der Waals surface area contributed by atoms with Crippen LogP contribution < -0.4 is 0 Å². The van der Waals surface area contributed by atoms with Crippen LogP contribution in [0.2, 0.25) is 0 Å². The fourth-order valence-electron chi connectivity index (χ4n) is 2.40. The second-order valence-corrected chi connectivity index (χ2v) is 7.01. The average molecular weight is 321 g/mol. The molecule has 0 atom stereocenters. The van der Waals surface area contributed by atoms with Gasteiger partial charge in [-0.25, -0.2) is 4.98 Å². The van der Waals surface area contributed by atoms with Crippen LogP contribution in [0, 0.1) is 20.8 Å². The first kappa shape index (κ1) is 14.3. The van der Waals surface area contributed by atoms with Crippen molar-refractivity contribution in [1.82, 2.24) is 9.97 Å². The lowest BCUT2D eigenvalue weighted by Crippen LogP contribution is -2.12. The van der Waals surface area contributed by atoms with E-state index < -0.39 is 0 Å². The first-order chi connectivity index (χ1) is 8.70. The summed E-state index contributed by atoms with van der Waals surface area (Å²) < 4.78 is 0.958. The third-order valence-corrected chi connectivity index (χ3v) is 3.99. The van der Waals surface area contributed by atoms with Crippen LogP contribution in [0.1, 0.15) is 43.3 Å². The fraction of sp³-hybridized carbons (Fsp3) is 0.438. The molecule has 2 rings (SSSR count). The van der Waals surface area contributed by atoms with E-state index in [2.05, 4.69) is 72.6 Å². The number of aromatic amines is 1. The van der Waals surface area contributed by atoms with Gasteiger partial charge in [-0.3, -0.25) is 0 Å². The van der Waals surface area contributed by atoms with Gasteiger partial charge in [0.1, 0.15) is 16.1 Å². The predicted octanol–water partition coefficient (Wildman–Crippen LogP) is 5.06. The van der Waals surface area contributed by atoms with Gasteiger partial charge in [0, 0.05) is 5.56 Å². The summed E-state index contributed by atoms with van der Waals surface area (Å²) in [5.41, 5.74) is 6.33. The van der Waals surface area contributed by atoms with E-state index in [1.807, 2.05) is 6.92 Å². The van der Waals surface area contributed by atoms with Crippen LogP contribution in [-0.4, -0.2) is 9.97 Å². The van der Waals surface area contributed by atoms with Gasteiger partial charge in [0.05, 0.1) is 0 Å². The van der Waals surface area contributed by atoms with Crippen molar-refractivity contribution in [3.05, 3.63) is 39.3 Å². The van der Waals surface area contributed by atoms with Crippen molar-refractivity contribution in [3.8, 4) is 11.3 Å². The number of nitrogens with one attached hydrogen (secondary N) is 1. The Morgan fingerprint density at radius 1 is 1.05 bits per heavy atom. The van der Waals surface area contributed by atoms with E-state index in [4.69, 9.17) is 0 Å². The van der Waals surface area contributed by atoms with Crippen LogP contribution in [0.3, 0.4) is 0 Å². The van der Waals surface area contributed by atoms with Crippen molar-refractivity contribution in [3.63, 3.8) is 0 Å². The minimum absolute atomic E-state index is 0.173. The molecule has 0 saturated heterocycles. The maximum Gasteiger partial charge on any atom is 0.110 e. The van der Waals surface area contributed by atoms with E-state index in [1.165, 1.54) is 22.3 Å². The minimum Gasteiger partial charge on any atom is -0.336 e. The molecule has 102 valence electrons. The first-order valence-corrected chi connectivity index (χ1v) is 7.33. The molecular formula is C16H21BrN2. The van der Waals surface area contributed by atoms with E-state index in [9.17, 15) is 0 Å². The van der Waals surface area contributed by atoms with Crippen molar-refractivity contribution in [1.29, 1.82) is 0 Å². The number of imidazole rings is 1. The Bertz CT molecular complexity index is 595. The van der Waals surface area contributed by atoms with Gasteiger partial charge in [0.2, 0.25) is 0 Å². The van der Waals surface area contributed by atoms with Crippen molar-refractivity contribution < 1.29 is 0 Å². The third kappa shape index (κ3) is 2.76. The number of hydrogen-bond donors (Lipinski definition) is 1. The SMILES string of the molecule is Cc1nc(-c2c(C)cc(C(C)(C)C)cc2C)c(Br)[nH]1. The summed E-state index contributed by atoms with van der Waals surface area (Å²) in [6.07, 6.45) is 0. The highest BCUT2D eigenvalue weighted by Gasteiger charge is 2.19. The lowest BCUT2D eigenvalue weighted by molar-refractivity contribution is 0.589. The number of halogens is 1. The molecule has 0 amide bonds. The van der Waals surface area contributed by atoms with Crippen LogP contribution >= 0.6 is 15.9 Å². The molecule has 0 spiro atoms. The van der Waals surface area contributed by atoms with Gasteiger partial charge < -0.3 is 4.98 Å². The van der Waals surface area contributed by atoms with Gasteiger partial charge in [0.25, 0.3) is 0 Å². The summed E-state index contributed by atoms with van der Waals surface area (Å²) in [4.78, 5) is 7.80. The molecule has 3 heteroatoms. The van der Waals surface area contributed by atoms with Gasteiger partial charge in [-0.2, -0.15) is 0 Å². The molecule has 1 heterocycles. The quantitative estimate of drug-likeness (QED) is 0.781. The molecule has 0 bridgehead atoms. The summed E-state index contributed by atoms with van der Waals surface area (Å²) >= 11 is 3.56. The van der Waals surface area contributed by atoms with Gasteiger partial charge in [-0.05, 0) is 58.8 Å². The second-order valence-electron chi connectivity index (χ2n) is 6.22. The Morgan fingerprint density at radius 2 is 1.58 bits per heavy atom. The van der Waals surface area contributed by atoms with Gasteiger partial charge in [-0.15, -0.1) is 0 Å². The number of aryl methyl sites for hydroxylation is 3. The van der Waals surface area contributed by atoms with Crippen LogP contribution in [0.25, 0.3) is 11.3 Å². The molecule has 0 fully saturated rings. The summed E-state index contributed by atoms with van der Waals surface area (Å²) in [5.74, 6) is 0.931. The lowest BCUT2D eigenvalue weighted by atomic mass is 9.83. The zero-order valence-corrected chi connectivity index (χ0v) is 14.1. The molecule has 1 N–H and O–H groups in total. The second kappa shape index (κ2) is 4.78. The Morgan fingerprint density at radius 3 is 1.95 bits per heavy atom. The Labute approximate surface area is 123 Å². The molecule has 2 aromatic rings. The Hall–Kier alpha value is -1.09. The Kier molecular flexibility index (Phi) is 3.61. The van der Waals surface area contributed by atoms with Crippen molar-refractivity contribution in [2.45, 2.75) is 47.0 Å². The molecule has 2 nitrogen and oxygen atoms in total. The summed E-state index contributed by atoms with van der Waals surface area (Å²) in [6, 6.07) is 4.55. The third-order valence-electron chi connectivity index (χ3n) is 3.41. The normalized spacial score (nSPS) is 11.9. The van der Waals surface area contributed by atoms with Crippen molar-refractivity contribution >= 4 is 15.9 Å². The van der Waals surface area contributed by atoms with Crippen LogP contribution in [0.15, 0.2) is 16.7 Å². The zero-order valence-electron chi connectivity index (χ0n) is 12.5. The molecule has 0 unspecified atom stereocenters. The summed E-state index contributed by atoms with van der Waals surface area (Å²) in [7, 11) is 0.